The van der Waals surface area contributed by atoms with E-state index in [2.05, 4.69) is 0 Å². The zero-order chi connectivity index (χ0) is 7.23. The largest absolute Gasteiger partial charge is 0.488 e. The molecular weight excluding hydrogens is 131 g/mol. The summed E-state index contributed by atoms with van der Waals surface area (Å²) in [5, 5.41) is 0. The van der Waals surface area contributed by atoms with E-state index in [-0.39, 0.29) is 0 Å². The van der Waals surface area contributed by atoms with Crippen molar-refractivity contribution < 1.29 is 9.13 Å². The molecule has 0 saturated heterocycles. The number of ether oxygens (including phenoxy) is 1. The molecule has 0 aromatic carbocycles. The van der Waals surface area contributed by atoms with Crippen molar-refractivity contribution in [1.29, 1.82) is 0 Å². The zero-order valence-electron chi connectivity index (χ0n) is 5.98. The van der Waals surface area contributed by atoms with E-state index in [1.807, 2.05) is 0 Å². The maximum Gasteiger partial charge on any atom is 0.147 e. The van der Waals surface area contributed by atoms with Gasteiger partial charge >= 0.3 is 0 Å². The van der Waals surface area contributed by atoms with E-state index in [1.165, 1.54) is 19.3 Å². The van der Waals surface area contributed by atoms with Crippen molar-refractivity contribution in [3.63, 3.8) is 0 Å². The van der Waals surface area contributed by atoms with Crippen molar-refractivity contribution in [3.05, 3.63) is 18.7 Å². The molecule has 1 radical (unpaired) electrons. The van der Waals surface area contributed by atoms with Gasteiger partial charge in [-0.05, 0) is 25.7 Å². The highest BCUT2D eigenvalue weighted by Gasteiger charge is 2.13. The Balaban J connectivity index is 2.13. The van der Waals surface area contributed by atoms with Crippen molar-refractivity contribution in [1.82, 2.24) is 0 Å². The second-order valence-electron chi connectivity index (χ2n) is 2.48. The van der Waals surface area contributed by atoms with Crippen LogP contribution in [0.1, 0.15) is 32.1 Å². The van der Waals surface area contributed by atoms with Gasteiger partial charge in [-0.3, -0.25) is 0 Å². The molecule has 0 aliphatic heterocycles. The summed E-state index contributed by atoms with van der Waals surface area (Å²) in [4.78, 5) is 0. The van der Waals surface area contributed by atoms with E-state index in [0.29, 0.717) is 6.33 Å². The summed E-state index contributed by atoms with van der Waals surface area (Å²) in [6.07, 6.45) is 8.24. The summed E-state index contributed by atoms with van der Waals surface area (Å²) >= 11 is 0. The second-order valence-corrected chi connectivity index (χ2v) is 2.48. The Bertz CT molecular complexity index is 106. The summed E-state index contributed by atoms with van der Waals surface area (Å²) < 4.78 is 16.4. The Morgan fingerprint density at radius 1 is 1.20 bits per heavy atom. The number of halogens is 1. The van der Waals surface area contributed by atoms with Crippen LogP contribution < -0.4 is 0 Å². The van der Waals surface area contributed by atoms with Crippen molar-refractivity contribution in [2.75, 3.05) is 0 Å². The molecule has 0 unspecified atom stereocenters. The summed E-state index contributed by atoms with van der Waals surface area (Å²) in [5.74, 6) is 0. The van der Waals surface area contributed by atoms with Gasteiger partial charge in [-0.1, -0.05) is 6.42 Å². The van der Waals surface area contributed by atoms with Gasteiger partial charge in [-0.2, -0.15) is 0 Å². The lowest BCUT2D eigenvalue weighted by Gasteiger charge is -2.18. The van der Waals surface area contributed by atoms with Crippen LogP contribution in [0.4, 0.5) is 4.39 Å². The molecule has 57 valence electrons. The molecule has 0 atom stereocenters. The standard InChI is InChI=1S/C8H12FO/c9-6-7-10-8-4-2-1-3-5-8/h6-7H,1-5H2/b7-6+. The smallest absolute Gasteiger partial charge is 0.147 e. The van der Waals surface area contributed by atoms with Gasteiger partial charge in [0.2, 0.25) is 0 Å². The molecular formula is C8H12FO. The van der Waals surface area contributed by atoms with E-state index in [0.717, 1.165) is 25.2 Å². The van der Waals surface area contributed by atoms with Crippen LogP contribution in [0.3, 0.4) is 0 Å². The first-order valence-corrected chi connectivity index (χ1v) is 3.70. The van der Waals surface area contributed by atoms with E-state index in [4.69, 9.17) is 4.74 Å². The molecule has 0 heterocycles. The van der Waals surface area contributed by atoms with Crippen molar-refractivity contribution in [2.24, 2.45) is 0 Å². The quantitative estimate of drug-likeness (QED) is 0.540. The van der Waals surface area contributed by atoms with Gasteiger partial charge < -0.3 is 4.74 Å². The Morgan fingerprint density at radius 2 is 1.90 bits per heavy atom. The monoisotopic (exact) mass is 143 g/mol. The first kappa shape index (κ1) is 7.58. The Labute approximate surface area is 60.9 Å². The lowest BCUT2D eigenvalue weighted by atomic mass is 9.98. The summed E-state index contributed by atoms with van der Waals surface area (Å²) in [5.41, 5.74) is 0. The molecule has 1 saturated carbocycles. The van der Waals surface area contributed by atoms with Crippen LogP contribution in [-0.2, 0) is 4.74 Å². The number of hydrogen-bond donors (Lipinski definition) is 0. The van der Waals surface area contributed by atoms with Crippen LogP contribution in [0, 0.1) is 6.10 Å². The van der Waals surface area contributed by atoms with Crippen molar-refractivity contribution in [3.8, 4) is 0 Å². The maximum atomic E-state index is 11.4. The molecule has 0 aromatic rings. The van der Waals surface area contributed by atoms with Gasteiger partial charge in [-0.15, -0.1) is 0 Å². The van der Waals surface area contributed by atoms with Crippen LogP contribution >= 0.6 is 0 Å². The molecule has 0 amide bonds. The highest BCUT2D eigenvalue weighted by atomic mass is 19.1. The van der Waals surface area contributed by atoms with Crippen LogP contribution in [0.25, 0.3) is 0 Å². The highest BCUT2D eigenvalue weighted by molar-refractivity contribution is 4.84. The summed E-state index contributed by atoms with van der Waals surface area (Å²) in [6.45, 7) is 0. The van der Waals surface area contributed by atoms with Gasteiger partial charge in [0, 0.05) is 0 Å². The average Bonchev–Trinajstić information content (AvgIpc) is 2.03. The normalized spacial score (nSPS) is 21.7. The number of hydrogen-bond acceptors (Lipinski definition) is 1. The molecule has 1 aliphatic carbocycles. The molecule has 1 fully saturated rings. The van der Waals surface area contributed by atoms with Crippen LogP contribution in [0.2, 0.25) is 0 Å². The zero-order valence-corrected chi connectivity index (χ0v) is 5.98. The predicted octanol–water partition coefficient (Wildman–Crippen LogP) is 2.94. The molecule has 0 aromatic heterocycles. The summed E-state index contributed by atoms with van der Waals surface area (Å²) in [7, 11) is 0. The van der Waals surface area contributed by atoms with Crippen LogP contribution in [-0.4, -0.2) is 0 Å². The van der Waals surface area contributed by atoms with E-state index in [1.54, 1.807) is 0 Å². The topological polar surface area (TPSA) is 9.23 Å². The lowest BCUT2D eigenvalue weighted by Crippen LogP contribution is -2.04. The SMILES string of the molecule is F/C=C/O[C]1CCCCC1. The maximum absolute atomic E-state index is 11.4. The molecule has 10 heavy (non-hydrogen) atoms. The Hall–Kier alpha value is -0.530. The minimum Gasteiger partial charge on any atom is -0.488 e. The van der Waals surface area contributed by atoms with Gasteiger partial charge in [0.1, 0.15) is 18.7 Å². The van der Waals surface area contributed by atoms with Crippen LogP contribution in [0.15, 0.2) is 12.6 Å². The van der Waals surface area contributed by atoms with E-state index >= 15 is 0 Å². The third-order valence-corrected chi connectivity index (χ3v) is 1.70. The van der Waals surface area contributed by atoms with Crippen molar-refractivity contribution in [2.45, 2.75) is 32.1 Å². The first-order valence-electron chi connectivity index (χ1n) is 3.70. The van der Waals surface area contributed by atoms with Gasteiger partial charge in [0.05, 0.1) is 0 Å². The third kappa shape index (κ3) is 2.38. The molecule has 2 heteroatoms. The van der Waals surface area contributed by atoms with Gasteiger partial charge in [0.15, 0.2) is 0 Å². The second kappa shape index (κ2) is 4.31. The van der Waals surface area contributed by atoms with Crippen LogP contribution in [0.5, 0.6) is 0 Å². The highest BCUT2D eigenvalue weighted by Crippen LogP contribution is 2.26. The predicted molar refractivity (Wildman–Crippen MR) is 37.7 cm³/mol. The third-order valence-electron chi connectivity index (χ3n) is 1.70. The molecule has 0 spiro atoms. The number of rotatable bonds is 2. The average molecular weight is 143 g/mol. The molecule has 1 rings (SSSR count). The molecule has 1 nitrogen and oxygen atoms in total. The Kier molecular flexibility index (Phi) is 3.27. The minimum absolute atomic E-state index is 0.432. The minimum atomic E-state index is 0.432. The summed E-state index contributed by atoms with van der Waals surface area (Å²) in [6, 6.07) is 0. The van der Waals surface area contributed by atoms with Gasteiger partial charge in [-0.25, -0.2) is 4.39 Å². The lowest BCUT2D eigenvalue weighted by molar-refractivity contribution is 0.203. The fourth-order valence-corrected chi connectivity index (χ4v) is 1.19. The van der Waals surface area contributed by atoms with E-state index in [9.17, 15) is 4.39 Å². The van der Waals surface area contributed by atoms with Gasteiger partial charge in [0.25, 0.3) is 0 Å². The molecule has 1 aliphatic rings. The van der Waals surface area contributed by atoms with Crippen molar-refractivity contribution >= 4 is 0 Å². The fraction of sp³-hybridized carbons (Fsp3) is 0.625. The first-order chi connectivity index (χ1) is 4.93. The van der Waals surface area contributed by atoms with E-state index < -0.39 is 0 Å². The molecule has 0 N–H and O–H groups in total. The fourth-order valence-electron chi connectivity index (χ4n) is 1.19. The Morgan fingerprint density at radius 3 is 2.50 bits per heavy atom. The molecule has 0 bridgehead atoms.